The smallest absolute Gasteiger partial charge is 0.375 e. The molecular weight excluding hydrogens is 312 g/mol. The summed E-state index contributed by atoms with van der Waals surface area (Å²) < 4.78 is 5.74. The normalized spacial score (nSPS) is 10.9. The summed E-state index contributed by atoms with van der Waals surface area (Å²) in [5.74, 6) is -2.20. The third-order valence-electron chi connectivity index (χ3n) is 2.11. The highest BCUT2D eigenvalue weighted by atomic mass is 79.9. The van der Waals surface area contributed by atoms with Crippen molar-refractivity contribution in [3.8, 4) is 0 Å². The second kappa shape index (κ2) is 6.10. The number of hydrogen-bond donors (Lipinski definition) is 0. The van der Waals surface area contributed by atoms with E-state index in [2.05, 4.69) is 15.9 Å². The van der Waals surface area contributed by atoms with Gasteiger partial charge in [0.2, 0.25) is 5.78 Å². The monoisotopic (exact) mass is 326 g/mol. The molecule has 4 nitrogen and oxygen atoms in total. The first kappa shape index (κ1) is 15.6. The SMILES string of the molecule is CC(C)(C)OC(=O)C(=O)CC(=O)c1ccc(Br)cc1. The molecule has 0 spiro atoms. The number of hydrogen-bond acceptors (Lipinski definition) is 4. The van der Waals surface area contributed by atoms with E-state index < -0.39 is 29.6 Å². The summed E-state index contributed by atoms with van der Waals surface area (Å²) in [5, 5.41) is 0. The summed E-state index contributed by atoms with van der Waals surface area (Å²) in [4.78, 5) is 34.8. The topological polar surface area (TPSA) is 60.4 Å². The van der Waals surface area contributed by atoms with Crippen LogP contribution >= 0.6 is 15.9 Å². The Balaban J connectivity index is 2.64. The van der Waals surface area contributed by atoms with Crippen molar-refractivity contribution < 1.29 is 19.1 Å². The summed E-state index contributed by atoms with van der Waals surface area (Å²) in [6.45, 7) is 4.98. The number of halogens is 1. The van der Waals surface area contributed by atoms with Gasteiger partial charge in [-0.25, -0.2) is 4.79 Å². The molecule has 0 radical (unpaired) electrons. The number of carbonyl (C=O) groups excluding carboxylic acids is 3. The standard InChI is InChI=1S/C14H15BrO4/c1-14(2,3)19-13(18)12(17)8-11(16)9-4-6-10(15)7-5-9/h4-7H,8H2,1-3H3. The molecular formula is C14H15BrO4. The van der Waals surface area contributed by atoms with Crippen molar-refractivity contribution in [2.24, 2.45) is 0 Å². The average Bonchev–Trinajstić information content (AvgIpc) is 2.27. The zero-order chi connectivity index (χ0) is 14.6. The fourth-order valence-electron chi connectivity index (χ4n) is 1.29. The van der Waals surface area contributed by atoms with Gasteiger partial charge < -0.3 is 4.74 Å². The summed E-state index contributed by atoms with van der Waals surface area (Å²) in [5.41, 5.74) is -0.354. The third kappa shape index (κ3) is 5.34. The van der Waals surface area contributed by atoms with Gasteiger partial charge in [0.15, 0.2) is 5.78 Å². The molecule has 0 aliphatic carbocycles. The molecule has 0 unspecified atom stereocenters. The average molecular weight is 327 g/mol. The first-order chi connectivity index (χ1) is 8.69. The highest BCUT2D eigenvalue weighted by Gasteiger charge is 2.25. The van der Waals surface area contributed by atoms with E-state index >= 15 is 0 Å². The molecule has 102 valence electrons. The Morgan fingerprint density at radius 2 is 1.63 bits per heavy atom. The van der Waals surface area contributed by atoms with Crippen LogP contribution in [0.15, 0.2) is 28.7 Å². The number of Topliss-reactive ketones (excluding diaryl/α,β-unsaturated/α-hetero) is 2. The lowest BCUT2D eigenvalue weighted by atomic mass is 10.1. The molecule has 0 aromatic heterocycles. The van der Waals surface area contributed by atoms with Crippen molar-refractivity contribution in [3.63, 3.8) is 0 Å². The van der Waals surface area contributed by atoms with Crippen LogP contribution in [-0.2, 0) is 14.3 Å². The van der Waals surface area contributed by atoms with Crippen LogP contribution in [0, 0.1) is 0 Å². The molecule has 0 fully saturated rings. The van der Waals surface area contributed by atoms with Crippen LogP contribution < -0.4 is 0 Å². The molecule has 0 N–H and O–H groups in total. The molecule has 0 heterocycles. The van der Waals surface area contributed by atoms with Crippen LogP contribution in [0.25, 0.3) is 0 Å². The van der Waals surface area contributed by atoms with Crippen molar-refractivity contribution >= 4 is 33.5 Å². The molecule has 1 aromatic carbocycles. The first-order valence-electron chi connectivity index (χ1n) is 5.74. The first-order valence-corrected chi connectivity index (χ1v) is 6.53. The minimum Gasteiger partial charge on any atom is -0.454 e. The Morgan fingerprint density at radius 3 is 2.11 bits per heavy atom. The largest absolute Gasteiger partial charge is 0.454 e. The number of rotatable bonds is 4. The lowest BCUT2D eigenvalue weighted by Crippen LogP contribution is -2.30. The molecule has 5 heteroatoms. The number of ether oxygens (including phenoxy) is 1. The number of carbonyl (C=O) groups is 3. The van der Waals surface area contributed by atoms with Crippen molar-refractivity contribution in [2.45, 2.75) is 32.8 Å². The van der Waals surface area contributed by atoms with Gasteiger partial charge in [-0.1, -0.05) is 28.1 Å². The molecule has 0 amide bonds. The summed E-state index contributed by atoms with van der Waals surface area (Å²) >= 11 is 3.25. The summed E-state index contributed by atoms with van der Waals surface area (Å²) in [6.07, 6.45) is -0.476. The molecule has 0 atom stereocenters. The zero-order valence-corrected chi connectivity index (χ0v) is 12.6. The van der Waals surface area contributed by atoms with Gasteiger partial charge in [0, 0.05) is 10.0 Å². The van der Waals surface area contributed by atoms with E-state index in [1.165, 1.54) is 0 Å². The van der Waals surface area contributed by atoms with Gasteiger partial charge in [-0.05, 0) is 32.9 Å². The van der Waals surface area contributed by atoms with Gasteiger partial charge in [-0.2, -0.15) is 0 Å². The Kier molecular flexibility index (Phi) is 5.00. The maximum atomic E-state index is 11.8. The molecule has 1 rings (SSSR count). The number of benzene rings is 1. The van der Waals surface area contributed by atoms with Gasteiger partial charge in [0.05, 0.1) is 6.42 Å². The van der Waals surface area contributed by atoms with Crippen LogP contribution in [-0.4, -0.2) is 23.1 Å². The molecule has 0 aliphatic rings. The van der Waals surface area contributed by atoms with Crippen molar-refractivity contribution in [1.82, 2.24) is 0 Å². The molecule has 0 saturated heterocycles. The highest BCUT2D eigenvalue weighted by molar-refractivity contribution is 9.10. The van der Waals surface area contributed by atoms with E-state index in [1.807, 2.05) is 0 Å². The third-order valence-corrected chi connectivity index (χ3v) is 2.64. The van der Waals surface area contributed by atoms with Gasteiger partial charge >= 0.3 is 5.97 Å². The lowest BCUT2D eigenvalue weighted by molar-refractivity contribution is -0.162. The fourth-order valence-corrected chi connectivity index (χ4v) is 1.56. The highest BCUT2D eigenvalue weighted by Crippen LogP contribution is 2.13. The van der Waals surface area contributed by atoms with Crippen LogP contribution in [0.1, 0.15) is 37.6 Å². The maximum Gasteiger partial charge on any atom is 0.375 e. The van der Waals surface area contributed by atoms with E-state index in [0.29, 0.717) is 5.56 Å². The van der Waals surface area contributed by atoms with E-state index in [0.717, 1.165) is 4.47 Å². The molecule has 19 heavy (non-hydrogen) atoms. The molecule has 0 bridgehead atoms. The Hall–Kier alpha value is -1.49. The van der Waals surface area contributed by atoms with Crippen molar-refractivity contribution in [3.05, 3.63) is 34.3 Å². The van der Waals surface area contributed by atoms with Crippen LogP contribution in [0.5, 0.6) is 0 Å². The van der Waals surface area contributed by atoms with Crippen molar-refractivity contribution in [2.75, 3.05) is 0 Å². The van der Waals surface area contributed by atoms with E-state index in [-0.39, 0.29) is 0 Å². The molecule has 0 saturated carbocycles. The van der Waals surface area contributed by atoms with E-state index in [1.54, 1.807) is 45.0 Å². The van der Waals surface area contributed by atoms with Gasteiger partial charge in [0.1, 0.15) is 5.60 Å². The van der Waals surface area contributed by atoms with Gasteiger partial charge in [-0.3, -0.25) is 9.59 Å². The van der Waals surface area contributed by atoms with Crippen molar-refractivity contribution in [1.29, 1.82) is 0 Å². The zero-order valence-electron chi connectivity index (χ0n) is 11.0. The van der Waals surface area contributed by atoms with Crippen LogP contribution in [0.4, 0.5) is 0 Å². The maximum absolute atomic E-state index is 11.8. The summed E-state index contributed by atoms with van der Waals surface area (Å²) in [6, 6.07) is 6.58. The van der Waals surface area contributed by atoms with E-state index in [4.69, 9.17) is 4.74 Å². The molecule has 0 aliphatic heterocycles. The van der Waals surface area contributed by atoms with Gasteiger partial charge in [0.25, 0.3) is 0 Å². The predicted octanol–water partition coefficient (Wildman–Crippen LogP) is 2.93. The number of ketones is 2. The Bertz CT molecular complexity index is 497. The van der Waals surface area contributed by atoms with Crippen LogP contribution in [0.3, 0.4) is 0 Å². The molecule has 1 aromatic rings. The minimum absolute atomic E-state index is 0.389. The summed E-state index contributed by atoms with van der Waals surface area (Å²) in [7, 11) is 0. The fraction of sp³-hybridized carbons (Fsp3) is 0.357. The Labute approximate surface area is 120 Å². The lowest BCUT2D eigenvalue weighted by Gasteiger charge is -2.18. The second-order valence-electron chi connectivity index (χ2n) is 5.03. The van der Waals surface area contributed by atoms with E-state index in [9.17, 15) is 14.4 Å². The van der Waals surface area contributed by atoms with Gasteiger partial charge in [-0.15, -0.1) is 0 Å². The van der Waals surface area contributed by atoms with Crippen LogP contribution in [0.2, 0.25) is 0 Å². The Morgan fingerprint density at radius 1 is 1.11 bits per heavy atom. The predicted molar refractivity (Wildman–Crippen MR) is 73.9 cm³/mol. The minimum atomic E-state index is -0.974. The quantitative estimate of drug-likeness (QED) is 0.369. The second-order valence-corrected chi connectivity index (χ2v) is 5.95. The number of esters is 1.